The number of nitrogens with zero attached hydrogens (tertiary/aromatic N) is 7. The highest BCUT2D eigenvalue weighted by Crippen LogP contribution is 2.30. The number of rotatable bonds is 7. The molecule has 3 aromatic rings. The molecule has 1 amide bonds. The zero-order chi connectivity index (χ0) is 23.5. The minimum Gasteiger partial charge on any atom is -0.459 e. The fourth-order valence-corrected chi connectivity index (χ4v) is 4.74. The van der Waals surface area contributed by atoms with Gasteiger partial charge in [-0.2, -0.15) is 0 Å². The Bertz CT molecular complexity index is 1070. The monoisotopic (exact) mass is 465 g/mol. The third-order valence-electron chi connectivity index (χ3n) is 6.63. The van der Waals surface area contributed by atoms with Crippen molar-refractivity contribution in [3.63, 3.8) is 0 Å². The van der Waals surface area contributed by atoms with E-state index in [4.69, 9.17) is 9.15 Å². The van der Waals surface area contributed by atoms with E-state index in [1.54, 1.807) is 12.1 Å². The number of carbonyl (C=O) groups excluding carboxylic acids is 1. The molecule has 0 N–H and O–H groups in total. The number of piperazine rings is 1. The van der Waals surface area contributed by atoms with Gasteiger partial charge >= 0.3 is 0 Å². The van der Waals surface area contributed by atoms with E-state index in [2.05, 4.69) is 49.6 Å². The van der Waals surface area contributed by atoms with Crippen LogP contribution in [0.2, 0.25) is 0 Å². The second-order valence-corrected chi connectivity index (χ2v) is 9.05. The van der Waals surface area contributed by atoms with E-state index in [9.17, 15) is 4.79 Å². The summed E-state index contributed by atoms with van der Waals surface area (Å²) < 4.78 is 13.0. The fourth-order valence-electron chi connectivity index (χ4n) is 4.74. The number of aromatic nitrogens is 4. The molecule has 2 atom stereocenters. The average molecular weight is 466 g/mol. The summed E-state index contributed by atoms with van der Waals surface area (Å²) in [5.74, 6) is 1.11. The van der Waals surface area contributed by atoms with Crippen LogP contribution >= 0.6 is 0 Å². The van der Waals surface area contributed by atoms with Gasteiger partial charge in [0, 0.05) is 52.6 Å². The summed E-state index contributed by atoms with van der Waals surface area (Å²) in [6.45, 7) is 4.08. The van der Waals surface area contributed by atoms with Gasteiger partial charge in [-0.05, 0) is 53.1 Å². The first-order valence-corrected chi connectivity index (χ1v) is 11.8. The van der Waals surface area contributed by atoms with Crippen molar-refractivity contribution in [2.45, 2.75) is 31.5 Å². The van der Waals surface area contributed by atoms with E-state index < -0.39 is 0 Å². The molecule has 0 spiro atoms. The number of anilines is 1. The lowest BCUT2D eigenvalue weighted by Gasteiger charge is -2.38. The maximum absolute atomic E-state index is 12.7. The molecule has 180 valence electrons. The van der Waals surface area contributed by atoms with Gasteiger partial charge in [0.15, 0.2) is 11.6 Å². The molecule has 2 fully saturated rings. The minimum absolute atomic E-state index is 0.0697. The molecule has 10 nitrogen and oxygen atoms in total. The van der Waals surface area contributed by atoms with Gasteiger partial charge in [-0.1, -0.05) is 12.1 Å². The van der Waals surface area contributed by atoms with Gasteiger partial charge < -0.3 is 19.0 Å². The van der Waals surface area contributed by atoms with E-state index in [1.165, 1.54) is 6.26 Å². The van der Waals surface area contributed by atoms with E-state index in [-0.39, 0.29) is 18.1 Å². The van der Waals surface area contributed by atoms with Crippen LogP contribution in [-0.4, -0.2) is 88.9 Å². The Labute approximate surface area is 199 Å². The third kappa shape index (κ3) is 4.69. The highest BCUT2D eigenvalue weighted by Gasteiger charge is 2.33. The van der Waals surface area contributed by atoms with Gasteiger partial charge in [0.05, 0.1) is 25.0 Å². The summed E-state index contributed by atoms with van der Waals surface area (Å²) in [7, 11) is 4.06. The molecule has 2 saturated heterocycles. The molecule has 2 aliphatic heterocycles. The lowest BCUT2D eigenvalue weighted by atomic mass is 10.0. The molecule has 0 aliphatic carbocycles. The smallest absolute Gasteiger partial charge is 0.289 e. The van der Waals surface area contributed by atoms with Crippen LogP contribution < -0.4 is 4.90 Å². The first-order chi connectivity index (χ1) is 16.6. The number of ether oxygens (including phenoxy) is 1. The van der Waals surface area contributed by atoms with Gasteiger partial charge in [0.1, 0.15) is 0 Å². The molecule has 2 aliphatic rings. The Balaban J connectivity index is 1.39. The normalized spacial score (nSPS) is 19.9. The predicted molar refractivity (Wildman–Crippen MR) is 126 cm³/mol. The van der Waals surface area contributed by atoms with E-state index in [0.717, 1.165) is 36.5 Å². The van der Waals surface area contributed by atoms with Crippen molar-refractivity contribution in [1.29, 1.82) is 0 Å². The molecule has 10 heteroatoms. The summed E-state index contributed by atoms with van der Waals surface area (Å²) in [6.07, 6.45) is 3.77. The van der Waals surface area contributed by atoms with Crippen molar-refractivity contribution in [2.75, 3.05) is 51.8 Å². The highest BCUT2D eigenvalue weighted by atomic mass is 16.5. The first-order valence-electron chi connectivity index (χ1n) is 11.8. The van der Waals surface area contributed by atoms with Crippen LogP contribution in [0.15, 0.2) is 47.1 Å². The van der Waals surface area contributed by atoms with Crippen molar-refractivity contribution in [1.82, 2.24) is 30.0 Å². The average Bonchev–Trinajstić information content (AvgIpc) is 3.64. The maximum atomic E-state index is 12.7. The van der Waals surface area contributed by atoms with E-state index in [1.807, 2.05) is 23.7 Å². The summed E-state index contributed by atoms with van der Waals surface area (Å²) in [5, 5.41) is 12.8. The molecule has 0 radical (unpaired) electrons. The summed E-state index contributed by atoms with van der Waals surface area (Å²) in [6, 6.07) is 11.9. The van der Waals surface area contributed by atoms with Crippen LogP contribution in [-0.2, 0) is 11.3 Å². The molecule has 2 unspecified atom stereocenters. The Morgan fingerprint density at radius 3 is 2.59 bits per heavy atom. The zero-order valence-electron chi connectivity index (χ0n) is 19.7. The van der Waals surface area contributed by atoms with Crippen LogP contribution in [0.25, 0.3) is 0 Å². The van der Waals surface area contributed by atoms with Gasteiger partial charge in [-0.3, -0.25) is 9.69 Å². The lowest BCUT2D eigenvalue weighted by Crippen LogP contribution is -2.50. The summed E-state index contributed by atoms with van der Waals surface area (Å²) in [4.78, 5) is 19.0. The van der Waals surface area contributed by atoms with Crippen molar-refractivity contribution < 1.29 is 13.9 Å². The standard InChI is InChI=1S/C24H31N7O3/c1-28(2)19-9-7-18(8-10-19)22(23-25-26-27-31(23)17-20-5-3-15-33-20)29-11-13-30(14-12-29)24(32)21-6-4-16-34-21/h4,6-10,16,20,22H,3,5,11-15,17H2,1-2H3. The molecule has 4 heterocycles. The Morgan fingerprint density at radius 1 is 1.15 bits per heavy atom. The number of furan rings is 1. The summed E-state index contributed by atoms with van der Waals surface area (Å²) in [5.41, 5.74) is 2.26. The predicted octanol–water partition coefficient (Wildman–Crippen LogP) is 2.06. The van der Waals surface area contributed by atoms with Gasteiger partial charge in [0.25, 0.3) is 5.91 Å². The van der Waals surface area contributed by atoms with Gasteiger partial charge in [-0.15, -0.1) is 5.10 Å². The lowest BCUT2D eigenvalue weighted by molar-refractivity contribution is 0.0551. The number of tetrazole rings is 1. The Kier molecular flexibility index (Phi) is 6.59. The topological polar surface area (TPSA) is 92.8 Å². The third-order valence-corrected chi connectivity index (χ3v) is 6.63. The minimum atomic E-state index is -0.117. The molecular weight excluding hydrogens is 434 g/mol. The largest absolute Gasteiger partial charge is 0.459 e. The maximum Gasteiger partial charge on any atom is 0.289 e. The van der Waals surface area contributed by atoms with Crippen LogP contribution in [0.1, 0.15) is 40.8 Å². The summed E-state index contributed by atoms with van der Waals surface area (Å²) >= 11 is 0. The molecule has 0 saturated carbocycles. The molecule has 5 rings (SSSR count). The molecule has 1 aromatic carbocycles. The quantitative estimate of drug-likeness (QED) is 0.524. The van der Waals surface area contributed by atoms with Crippen LogP contribution in [0.3, 0.4) is 0 Å². The van der Waals surface area contributed by atoms with Crippen LogP contribution in [0, 0.1) is 0 Å². The van der Waals surface area contributed by atoms with E-state index in [0.29, 0.717) is 38.5 Å². The fraction of sp³-hybridized carbons (Fsp3) is 0.500. The van der Waals surface area contributed by atoms with Gasteiger partial charge in [-0.25, -0.2) is 4.68 Å². The van der Waals surface area contributed by atoms with Gasteiger partial charge in [0.2, 0.25) is 0 Å². The number of amides is 1. The number of hydrogen-bond donors (Lipinski definition) is 0. The molecule has 0 bridgehead atoms. The number of benzene rings is 1. The Hall–Kier alpha value is -3.24. The second kappa shape index (κ2) is 9.94. The van der Waals surface area contributed by atoms with Crippen molar-refractivity contribution in [2.24, 2.45) is 0 Å². The second-order valence-electron chi connectivity index (χ2n) is 9.05. The number of hydrogen-bond acceptors (Lipinski definition) is 8. The molecule has 34 heavy (non-hydrogen) atoms. The molecule has 2 aromatic heterocycles. The van der Waals surface area contributed by atoms with Crippen LogP contribution in [0.4, 0.5) is 5.69 Å². The SMILES string of the molecule is CN(C)c1ccc(C(c2nnnn2CC2CCCO2)N2CCN(C(=O)c3ccco3)CC2)cc1. The zero-order valence-corrected chi connectivity index (χ0v) is 19.7. The number of carbonyl (C=O) groups is 1. The van der Waals surface area contributed by atoms with Crippen molar-refractivity contribution >= 4 is 11.6 Å². The first kappa shape index (κ1) is 22.5. The van der Waals surface area contributed by atoms with E-state index >= 15 is 0 Å². The Morgan fingerprint density at radius 2 is 1.94 bits per heavy atom. The molecular formula is C24H31N7O3. The van der Waals surface area contributed by atoms with Crippen molar-refractivity contribution in [3.05, 3.63) is 59.8 Å². The highest BCUT2D eigenvalue weighted by molar-refractivity contribution is 5.91. The van der Waals surface area contributed by atoms with Crippen LogP contribution in [0.5, 0.6) is 0 Å². The van der Waals surface area contributed by atoms with Crippen molar-refractivity contribution in [3.8, 4) is 0 Å².